The zero-order valence-electron chi connectivity index (χ0n) is 9.71. The second kappa shape index (κ2) is 4.23. The maximum Gasteiger partial charge on any atom is 0.163 e. The van der Waals surface area contributed by atoms with E-state index in [9.17, 15) is 0 Å². The number of hydrogen-bond acceptors (Lipinski definition) is 3. The Balaban J connectivity index is 2.15. The van der Waals surface area contributed by atoms with Crippen LogP contribution in [-0.4, -0.2) is 29.0 Å². The van der Waals surface area contributed by atoms with Crippen LogP contribution in [-0.2, 0) is 6.54 Å². The van der Waals surface area contributed by atoms with Crippen LogP contribution in [0.4, 0.5) is 0 Å². The van der Waals surface area contributed by atoms with E-state index in [0.717, 1.165) is 43.2 Å². The molecule has 1 aliphatic rings. The molecule has 0 saturated carbocycles. The van der Waals surface area contributed by atoms with Gasteiger partial charge in [-0.1, -0.05) is 0 Å². The van der Waals surface area contributed by atoms with E-state index in [4.69, 9.17) is 4.74 Å². The molecule has 4 heteroatoms. The van der Waals surface area contributed by atoms with Gasteiger partial charge in [0, 0.05) is 13.1 Å². The summed E-state index contributed by atoms with van der Waals surface area (Å²) in [6, 6.07) is 0. The molecular weight excluding hydrogens is 190 g/mol. The summed E-state index contributed by atoms with van der Waals surface area (Å²) in [6.07, 6.45) is 1.41. The third kappa shape index (κ3) is 2.00. The summed E-state index contributed by atoms with van der Waals surface area (Å²) in [7, 11) is 0. The monoisotopic (exact) mass is 209 g/mol. The average molecular weight is 209 g/mol. The van der Waals surface area contributed by atoms with Crippen molar-refractivity contribution >= 4 is 0 Å². The summed E-state index contributed by atoms with van der Waals surface area (Å²) in [6.45, 7) is 9.10. The van der Waals surface area contributed by atoms with Gasteiger partial charge in [-0.15, -0.1) is 0 Å². The third-order valence-electron chi connectivity index (χ3n) is 2.91. The van der Waals surface area contributed by atoms with Crippen molar-refractivity contribution in [3.05, 3.63) is 11.4 Å². The van der Waals surface area contributed by atoms with E-state index >= 15 is 0 Å². The summed E-state index contributed by atoms with van der Waals surface area (Å²) in [5.41, 5.74) is 2.14. The van der Waals surface area contributed by atoms with Gasteiger partial charge in [0.05, 0.1) is 5.69 Å². The Hall–Kier alpha value is -1.03. The first kappa shape index (κ1) is 10.5. The zero-order chi connectivity index (χ0) is 10.8. The van der Waals surface area contributed by atoms with E-state index in [0.29, 0.717) is 6.10 Å². The van der Waals surface area contributed by atoms with Crippen LogP contribution < -0.4 is 10.1 Å². The molecule has 84 valence electrons. The number of aryl methyl sites for hydroxylation is 2. The van der Waals surface area contributed by atoms with Crippen molar-refractivity contribution in [1.29, 1.82) is 0 Å². The van der Waals surface area contributed by atoms with Gasteiger partial charge in [0.2, 0.25) is 0 Å². The molecule has 1 fully saturated rings. The molecule has 1 unspecified atom stereocenters. The first-order chi connectivity index (χ1) is 7.22. The molecule has 2 heterocycles. The van der Waals surface area contributed by atoms with E-state index in [1.807, 2.05) is 11.6 Å². The predicted molar refractivity (Wildman–Crippen MR) is 59.3 cm³/mol. The Labute approximate surface area is 90.6 Å². The minimum atomic E-state index is 0.317. The lowest BCUT2D eigenvalue weighted by molar-refractivity contribution is 0.219. The quantitative estimate of drug-likeness (QED) is 0.814. The van der Waals surface area contributed by atoms with Gasteiger partial charge >= 0.3 is 0 Å². The number of rotatable bonds is 3. The summed E-state index contributed by atoms with van der Waals surface area (Å²) < 4.78 is 7.97. The SMILES string of the molecule is CCn1nc(C)c(OC2CCNC2)c1C. The molecule has 15 heavy (non-hydrogen) atoms. The third-order valence-corrected chi connectivity index (χ3v) is 2.91. The summed E-state index contributed by atoms with van der Waals surface area (Å²) in [5.74, 6) is 0.977. The molecule has 1 aromatic heterocycles. The molecule has 1 atom stereocenters. The molecule has 0 bridgehead atoms. The van der Waals surface area contributed by atoms with Crippen LogP contribution in [0.2, 0.25) is 0 Å². The van der Waals surface area contributed by atoms with E-state index in [2.05, 4.69) is 24.3 Å². The molecular formula is C11H19N3O. The number of hydrogen-bond donors (Lipinski definition) is 1. The van der Waals surface area contributed by atoms with Gasteiger partial charge < -0.3 is 10.1 Å². The van der Waals surface area contributed by atoms with Gasteiger partial charge in [-0.05, 0) is 33.7 Å². The van der Waals surface area contributed by atoms with E-state index in [1.165, 1.54) is 0 Å². The van der Waals surface area contributed by atoms with Crippen LogP contribution >= 0.6 is 0 Å². The Morgan fingerprint density at radius 2 is 2.33 bits per heavy atom. The Morgan fingerprint density at radius 1 is 1.53 bits per heavy atom. The molecule has 1 aliphatic heterocycles. The fourth-order valence-electron chi connectivity index (χ4n) is 2.05. The Kier molecular flexibility index (Phi) is 2.95. The Bertz CT molecular complexity index is 340. The maximum atomic E-state index is 5.97. The normalized spacial score (nSPS) is 20.9. The van der Waals surface area contributed by atoms with Crippen molar-refractivity contribution < 1.29 is 4.74 Å². The van der Waals surface area contributed by atoms with Crippen LogP contribution in [0, 0.1) is 13.8 Å². The highest BCUT2D eigenvalue weighted by Crippen LogP contribution is 2.24. The smallest absolute Gasteiger partial charge is 0.163 e. The molecule has 1 aromatic rings. The van der Waals surface area contributed by atoms with Gasteiger partial charge in [0.15, 0.2) is 5.75 Å². The van der Waals surface area contributed by atoms with Crippen molar-refractivity contribution in [3.63, 3.8) is 0 Å². The van der Waals surface area contributed by atoms with Gasteiger partial charge in [0.1, 0.15) is 11.8 Å². The highest BCUT2D eigenvalue weighted by atomic mass is 16.5. The van der Waals surface area contributed by atoms with Gasteiger partial charge in [0.25, 0.3) is 0 Å². The molecule has 0 spiro atoms. The second-order valence-corrected chi connectivity index (χ2v) is 4.05. The molecule has 4 nitrogen and oxygen atoms in total. The van der Waals surface area contributed by atoms with Crippen LogP contribution in [0.1, 0.15) is 24.7 Å². The fraction of sp³-hybridized carbons (Fsp3) is 0.727. The largest absolute Gasteiger partial charge is 0.485 e. The molecule has 2 rings (SSSR count). The summed E-state index contributed by atoms with van der Waals surface area (Å²) in [4.78, 5) is 0. The molecule has 0 amide bonds. The highest BCUT2D eigenvalue weighted by molar-refractivity contribution is 5.32. The molecule has 1 N–H and O–H groups in total. The van der Waals surface area contributed by atoms with Crippen LogP contribution in [0.15, 0.2) is 0 Å². The number of aromatic nitrogens is 2. The predicted octanol–water partition coefficient (Wildman–Crippen LogP) is 1.26. The lowest BCUT2D eigenvalue weighted by atomic mass is 10.3. The van der Waals surface area contributed by atoms with Gasteiger partial charge in [-0.2, -0.15) is 5.10 Å². The van der Waals surface area contributed by atoms with Crippen molar-refractivity contribution in [2.24, 2.45) is 0 Å². The number of nitrogens with zero attached hydrogens (tertiary/aromatic N) is 2. The van der Waals surface area contributed by atoms with Crippen LogP contribution in [0.3, 0.4) is 0 Å². The van der Waals surface area contributed by atoms with Gasteiger partial charge in [-0.25, -0.2) is 0 Å². The highest BCUT2D eigenvalue weighted by Gasteiger charge is 2.20. The minimum absolute atomic E-state index is 0.317. The Morgan fingerprint density at radius 3 is 2.87 bits per heavy atom. The number of nitrogens with one attached hydrogen (secondary N) is 1. The van der Waals surface area contributed by atoms with Gasteiger partial charge in [-0.3, -0.25) is 4.68 Å². The van der Waals surface area contributed by atoms with Crippen molar-refractivity contribution in [2.45, 2.75) is 39.8 Å². The van der Waals surface area contributed by atoms with Crippen LogP contribution in [0.25, 0.3) is 0 Å². The first-order valence-corrected chi connectivity index (χ1v) is 5.63. The van der Waals surface area contributed by atoms with E-state index in [-0.39, 0.29) is 0 Å². The lowest BCUT2D eigenvalue weighted by Crippen LogP contribution is -2.20. The molecule has 0 aromatic carbocycles. The zero-order valence-corrected chi connectivity index (χ0v) is 9.71. The standard InChI is InChI=1S/C11H19N3O/c1-4-14-9(3)11(8(2)13-14)15-10-5-6-12-7-10/h10,12H,4-7H2,1-3H3. The molecule has 0 radical (unpaired) electrons. The number of ether oxygens (including phenoxy) is 1. The average Bonchev–Trinajstić information content (AvgIpc) is 2.81. The molecule has 0 aliphatic carbocycles. The van der Waals surface area contributed by atoms with Crippen LogP contribution in [0.5, 0.6) is 5.75 Å². The van der Waals surface area contributed by atoms with Crippen molar-refractivity contribution in [1.82, 2.24) is 15.1 Å². The van der Waals surface area contributed by atoms with Crippen molar-refractivity contribution in [2.75, 3.05) is 13.1 Å². The van der Waals surface area contributed by atoms with Crippen molar-refractivity contribution in [3.8, 4) is 5.75 Å². The minimum Gasteiger partial charge on any atom is -0.485 e. The second-order valence-electron chi connectivity index (χ2n) is 4.05. The van der Waals surface area contributed by atoms with E-state index in [1.54, 1.807) is 0 Å². The topological polar surface area (TPSA) is 39.1 Å². The fourth-order valence-corrected chi connectivity index (χ4v) is 2.05. The van der Waals surface area contributed by atoms with E-state index < -0.39 is 0 Å². The summed E-state index contributed by atoms with van der Waals surface area (Å²) >= 11 is 0. The summed E-state index contributed by atoms with van der Waals surface area (Å²) in [5, 5.41) is 7.74. The molecule has 1 saturated heterocycles. The maximum absolute atomic E-state index is 5.97. The lowest BCUT2D eigenvalue weighted by Gasteiger charge is -2.12. The first-order valence-electron chi connectivity index (χ1n) is 5.63.